The van der Waals surface area contributed by atoms with Crippen molar-refractivity contribution in [2.75, 3.05) is 26.3 Å². The number of hydrogen-bond acceptors (Lipinski definition) is 4. The Kier molecular flexibility index (Phi) is 6.48. The van der Waals surface area contributed by atoms with Crippen LogP contribution in [0, 0.1) is 5.41 Å². The number of para-hydroxylation sites is 1. The van der Waals surface area contributed by atoms with Crippen molar-refractivity contribution in [1.82, 2.24) is 5.32 Å². The second-order valence-electron chi connectivity index (χ2n) is 5.46. The molecule has 0 saturated carbocycles. The normalized spacial score (nSPS) is 11.3. The number of aliphatic hydroxyl groups is 1. The lowest BCUT2D eigenvalue weighted by molar-refractivity contribution is 0.0692. The maximum atomic E-state index is 11.0. The van der Waals surface area contributed by atoms with Crippen molar-refractivity contribution in [3.8, 4) is 5.75 Å². The number of carboxylic acid groups (broad SMARTS) is 1. The molecule has 3 N–H and O–H groups in total. The highest BCUT2D eigenvalue weighted by atomic mass is 16.5. The molecular formula is C15H23NO4. The number of hydrogen-bond donors (Lipinski definition) is 3. The van der Waals surface area contributed by atoms with E-state index in [1.54, 1.807) is 18.2 Å². The molecule has 0 spiro atoms. The van der Waals surface area contributed by atoms with E-state index in [1.807, 2.05) is 0 Å². The van der Waals surface area contributed by atoms with Crippen LogP contribution in [-0.4, -0.2) is 42.5 Å². The largest absolute Gasteiger partial charge is 0.491 e. The second kappa shape index (κ2) is 7.87. The van der Waals surface area contributed by atoms with Crippen molar-refractivity contribution in [3.63, 3.8) is 0 Å². The molecule has 0 fully saturated rings. The first-order chi connectivity index (χ1) is 9.46. The molecule has 0 unspecified atom stereocenters. The van der Waals surface area contributed by atoms with Crippen molar-refractivity contribution >= 4 is 5.97 Å². The number of benzene rings is 1. The lowest BCUT2D eigenvalue weighted by Gasteiger charge is -2.24. The van der Waals surface area contributed by atoms with Gasteiger partial charge in [0.15, 0.2) is 0 Å². The SMILES string of the molecule is CC(C)(CCO)CNCCOc1ccccc1C(=O)O. The minimum absolute atomic E-state index is 0.0354. The number of aromatic carboxylic acids is 1. The minimum Gasteiger partial charge on any atom is -0.491 e. The van der Waals surface area contributed by atoms with Gasteiger partial charge in [0.1, 0.15) is 17.9 Å². The average Bonchev–Trinajstić information content (AvgIpc) is 2.38. The fraction of sp³-hybridized carbons (Fsp3) is 0.533. The van der Waals surface area contributed by atoms with Crippen molar-refractivity contribution in [2.45, 2.75) is 20.3 Å². The molecule has 1 aromatic rings. The van der Waals surface area contributed by atoms with Gasteiger partial charge in [-0.25, -0.2) is 4.79 Å². The Bertz CT molecular complexity index is 432. The third kappa shape index (κ3) is 5.59. The van der Waals surface area contributed by atoms with Gasteiger partial charge in [0.25, 0.3) is 0 Å². The van der Waals surface area contributed by atoms with E-state index in [1.165, 1.54) is 6.07 Å². The standard InChI is InChI=1S/C15H23NO4/c1-15(2,7-9-17)11-16-8-10-20-13-6-4-3-5-12(13)14(18)19/h3-6,16-17H,7-11H2,1-2H3,(H,18,19). The van der Waals surface area contributed by atoms with Crippen LogP contribution in [0.2, 0.25) is 0 Å². The van der Waals surface area contributed by atoms with E-state index in [-0.39, 0.29) is 17.6 Å². The van der Waals surface area contributed by atoms with Crippen LogP contribution in [0.15, 0.2) is 24.3 Å². The number of rotatable bonds is 9. The highest BCUT2D eigenvalue weighted by Crippen LogP contribution is 2.18. The molecule has 0 amide bonds. The number of carboxylic acids is 1. The quantitative estimate of drug-likeness (QED) is 0.601. The molecule has 5 nitrogen and oxygen atoms in total. The predicted molar refractivity (Wildman–Crippen MR) is 77.2 cm³/mol. The smallest absolute Gasteiger partial charge is 0.339 e. The van der Waals surface area contributed by atoms with E-state index < -0.39 is 5.97 Å². The zero-order valence-corrected chi connectivity index (χ0v) is 12.1. The fourth-order valence-electron chi connectivity index (χ4n) is 1.82. The van der Waals surface area contributed by atoms with E-state index in [2.05, 4.69) is 19.2 Å². The summed E-state index contributed by atoms with van der Waals surface area (Å²) in [6.45, 7) is 6.14. The van der Waals surface area contributed by atoms with Crippen LogP contribution in [0.1, 0.15) is 30.6 Å². The summed E-state index contributed by atoms with van der Waals surface area (Å²) in [5.74, 6) is -0.603. The number of nitrogens with one attached hydrogen (secondary N) is 1. The molecule has 112 valence electrons. The molecule has 0 aliphatic rings. The Morgan fingerprint density at radius 2 is 2.05 bits per heavy atom. The average molecular weight is 281 g/mol. The summed E-state index contributed by atoms with van der Waals surface area (Å²) in [5.41, 5.74) is 0.210. The molecule has 0 saturated heterocycles. The lowest BCUT2D eigenvalue weighted by atomic mass is 9.90. The maximum Gasteiger partial charge on any atom is 0.339 e. The topological polar surface area (TPSA) is 78.8 Å². The van der Waals surface area contributed by atoms with Crippen LogP contribution in [0.25, 0.3) is 0 Å². The summed E-state index contributed by atoms with van der Waals surface area (Å²) in [6.07, 6.45) is 0.739. The zero-order chi connectivity index (χ0) is 15.0. The number of ether oxygens (including phenoxy) is 1. The van der Waals surface area contributed by atoms with E-state index in [9.17, 15) is 4.79 Å². The van der Waals surface area contributed by atoms with Gasteiger partial charge in [-0.2, -0.15) is 0 Å². The molecule has 0 aliphatic carbocycles. The Labute approximate surface area is 119 Å². The molecule has 0 aliphatic heterocycles. The highest BCUT2D eigenvalue weighted by Gasteiger charge is 2.16. The third-order valence-electron chi connectivity index (χ3n) is 3.05. The Morgan fingerprint density at radius 3 is 2.70 bits per heavy atom. The first-order valence-electron chi connectivity index (χ1n) is 6.73. The van der Waals surface area contributed by atoms with E-state index in [0.29, 0.717) is 18.9 Å². The number of aliphatic hydroxyl groups excluding tert-OH is 1. The van der Waals surface area contributed by atoms with Crippen LogP contribution < -0.4 is 10.1 Å². The summed E-state index contributed by atoms with van der Waals surface area (Å²) < 4.78 is 5.48. The van der Waals surface area contributed by atoms with Gasteiger partial charge in [0.05, 0.1) is 0 Å². The van der Waals surface area contributed by atoms with E-state index >= 15 is 0 Å². The molecule has 0 atom stereocenters. The molecule has 1 aromatic carbocycles. The van der Waals surface area contributed by atoms with Crippen LogP contribution in [0.5, 0.6) is 5.75 Å². The van der Waals surface area contributed by atoms with E-state index in [0.717, 1.165) is 13.0 Å². The Hall–Kier alpha value is -1.59. The molecule has 1 rings (SSSR count). The zero-order valence-electron chi connectivity index (χ0n) is 12.1. The van der Waals surface area contributed by atoms with Gasteiger partial charge in [-0.05, 0) is 24.0 Å². The Morgan fingerprint density at radius 1 is 1.35 bits per heavy atom. The second-order valence-corrected chi connectivity index (χ2v) is 5.46. The summed E-state index contributed by atoms with van der Waals surface area (Å²) in [4.78, 5) is 11.0. The van der Waals surface area contributed by atoms with Crippen molar-refractivity contribution in [2.24, 2.45) is 5.41 Å². The van der Waals surface area contributed by atoms with Gasteiger partial charge in [-0.1, -0.05) is 26.0 Å². The maximum absolute atomic E-state index is 11.0. The van der Waals surface area contributed by atoms with Crippen molar-refractivity contribution < 1.29 is 19.7 Å². The van der Waals surface area contributed by atoms with Crippen LogP contribution in [-0.2, 0) is 0 Å². The van der Waals surface area contributed by atoms with Gasteiger partial charge in [-0.3, -0.25) is 0 Å². The number of carbonyl (C=O) groups is 1. The lowest BCUT2D eigenvalue weighted by Crippen LogP contribution is -2.32. The highest BCUT2D eigenvalue weighted by molar-refractivity contribution is 5.90. The molecule has 20 heavy (non-hydrogen) atoms. The first-order valence-corrected chi connectivity index (χ1v) is 6.73. The molecular weight excluding hydrogens is 258 g/mol. The Balaban J connectivity index is 2.33. The van der Waals surface area contributed by atoms with Gasteiger partial charge in [0, 0.05) is 19.7 Å². The predicted octanol–water partition coefficient (Wildman–Crippen LogP) is 1.76. The first kappa shape index (κ1) is 16.5. The van der Waals surface area contributed by atoms with Gasteiger partial charge in [0.2, 0.25) is 0 Å². The molecule has 0 heterocycles. The third-order valence-corrected chi connectivity index (χ3v) is 3.05. The van der Waals surface area contributed by atoms with Gasteiger partial charge >= 0.3 is 5.97 Å². The summed E-state index contributed by atoms with van der Waals surface area (Å²) >= 11 is 0. The monoisotopic (exact) mass is 281 g/mol. The summed E-state index contributed by atoms with van der Waals surface area (Å²) in [6, 6.07) is 6.60. The minimum atomic E-state index is -0.988. The summed E-state index contributed by atoms with van der Waals surface area (Å²) in [5, 5.41) is 21.2. The van der Waals surface area contributed by atoms with Gasteiger partial charge in [-0.15, -0.1) is 0 Å². The van der Waals surface area contributed by atoms with Gasteiger partial charge < -0.3 is 20.3 Å². The van der Waals surface area contributed by atoms with E-state index in [4.69, 9.17) is 14.9 Å². The van der Waals surface area contributed by atoms with Crippen LogP contribution >= 0.6 is 0 Å². The van der Waals surface area contributed by atoms with Crippen molar-refractivity contribution in [3.05, 3.63) is 29.8 Å². The molecule has 0 radical (unpaired) electrons. The molecule has 0 bridgehead atoms. The fourth-order valence-corrected chi connectivity index (χ4v) is 1.82. The van der Waals surface area contributed by atoms with Crippen LogP contribution in [0.3, 0.4) is 0 Å². The van der Waals surface area contributed by atoms with Crippen LogP contribution in [0.4, 0.5) is 0 Å². The molecule has 5 heteroatoms. The molecule has 0 aromatic heterocycles. The van der Waals surface area contributed by atoms with Crippen molar-refractivity contribution in [1.29, 1.82) is 0 Å². The summed E-state index contributed by atoms with van der Waals surface area (Å²) in [7, 11) is 0.